The maximum absolute atomic E-state index is 9.76. The Bertz CT molecular complexity index is 559. The largest absolute Gasteiger partial charge is 0.387 e. The van der Waals surface area contributed by atoms with E-state index in [-0.39, 0.29) is 0 Å². The van der Waals surface area contributed by atoms with Crippen molar-refractivity contribution in [2.45, 2.75) is 45.1 Å². The van der Waals surface area contributed by atoms with Gasteiger partial charge < -0.3 is 9.67 Å². The van der Waals surface area contributed by atoms with Crippen molar-refractivity contribution in [1.29, 1.82) is 0 Å². The summed E-state index contributed by atoms with van der Waals surface area (Å²) in [4.78, 5) is 8.85. The lowest BCUT2D eigenvalue weighted by Crippen LogP contribution is -2.07. The number of aromatic nitrogens is 3. The maximum atomic E-state index is 9.76. The van der Waals surface area contributed by atoms with Crippen LogP contribution in [0.1, 0.15) is 49.4 Å². The minimum Gasteiger partial charge on any atom is -0.387 e. The molecular weight excluding hydrogens is 238 g/mol. The molecule has 0 spiro atoms. The predicted octanol–water partition coefficient (Wildman–Crippen LogP) is 2.59. The molecule has 0 fully saturated rings. The number of imidazole rings is 1. The minimum atomic E-state index is -0.467. The smallest absolute Gasteiger partial charge is 0.0998 e. The number of rotatable bonds is 3. The van der Waals surface area contributed by atoms with Crippen LogP contribution in [0.15, 0.2) is 24.7 Å². The van der Waals surface area contributed by atoms with E-state index in [2.05, 4.69) is 14.5 Å². The number of pyridine rings is 1. The van der Waals surface area contributed by atoms with Crippen molar-refractivity contribution < 1.29 is 5.11 Å². The Morgan fingerprint density at radius 2 is 2.11 bits per heavy atom. The SMILES string of the molecule is CC[C@H](O)c1ccc(-n2cnc3c2CCCC3)cn1. The summed E-state index contributed by atoms with van der Waals surface area (Å²) in [6.45, 7) is 1.95. The van der Waals surface area contributed by atoms with E-state index < -0.39 is 6.10 Å². The lowest BCUT2D eigenvalue weighted by molar-refractivity contribution is 0.169. The van der Waals surface area contributed by atoms with Gasteiger partial charge in [0.25, 0.3) is 0 Å². The monoisotopic (exact) mass is 257 g/mol. The zero-order chi connectivity index (χ0) is 13.2. The van der Waals surface area contributed by atoms with Gasteiger partial charge in [0.2, 0.25) is 0 Å². The first-order valence-corrected chi connectivity index (χ1v) is 6.99. The van der Waals surface area contributed by atoms with Gasteiger partial charge >= 0.3 is 0 Å². The molecule has 100 valence electrons. The molecule has 0 bridgehead atoms. The first kappa shape index (κ1) is 12.4. The van der Waals surface area contributed by atoms with Crippen molar-refractivity contribution >= 4 is 0 Å². The van der Waals surface area contributed by atoms with Crippen molar-refractivity contribution in [3.8, 4) is 5.69 Å². The van der Waals surface area contributed by atoms with Gasteiger partial charge in [0, 0.05) is 5.69 Å². The lowest BCUT2D eigenvalue weighted by atomic mass is 10.0. The molecule has 0 saturated heterocycles. The quantitative estimate of drug-likeness (QED) is 0.919. The van der Waals surface area contributed by atoms with E-state index in [1.165, 1.54) is 24.2 Å². The second-order valence-electron chi connectivity index (χ2n) is 5.08. The number of aryl methyl sites for hydroxylation is 1. The van der Waals surface area contributed by atoms with Gasteiger partial charge in [-0.1, -0.05) is 6.92 Å². The zero-order valence-corrected chi connectivity index (χ0v) is 11.2. The highest BCUT2D eigenvalue weighted by Gasteiger charge is 2.16. The Hall–Kier alpha value is -1.68. The molecule has 4 heteroatoms. The molecule has 2 aromatic heterocycles. The fourth-order valence-electron chi connectivity index (χ4n) is 2.64. The second-order valence-corrected chi connectivity index (χ2v) is 5.08. The summed E-state index contributed by atoms with van der Waals surface area (Å²) >= 11 is 0. The maximum Gasteiger partial charge on any atom is 0.0998 e. The first-order chi connectivity index (χ1) is 9.29. The van der Waals surface area contributed by atoms with Crippen molar-refractivity contribution in [3.05, 3.63) is 41.7 Å². The van der Waals surface area contributed by atoms with Gasteiger partial charge in [0.1, 0.15) is 0 Å². The van der Waals surface area contributed by atoms with Gasteiger partial charge in [0.05, 0.1) is 35.7 Å². The molecule has 0 unspecified atom stereocenters. The summed E-state index contributed by atoms with van der Waals surface area (Å²) in [6.07, 6.45) is 8.59. The topological polar surface area (TPSA) is 50.9 Å². The summed E-state index contributed by atoms with van der Waals surface area (Å²) in [5, 5.41) is 9.76. The van der Waals surface area contributed by atoms with E-state index >= 15 is 0 Å². The van der Waals surface area contributed by atoms with Gasteiger partial charge in [0.15, 0.2) is 0 Å². The molecule has 2 aromatic rings. The number of aliphatic hydroxyl groups is 1. The molecule has 19 heavy (non-hydrogen) atoms. The van der Waals surface area contributed by atoms with E-state index in [1.807, 2.05) is 31.6 Å². The molecule has 0 saturated carbocycles. The summed E-state index contributed by atoms with van der Waals surface area (Å²) in [7, 11) is 0. The molecule has 3 rings (SSSR count). The second kappa shape index (κ2) is 5.13. The molecule has 1 N–H and O–H groups in total. The van der Waals surface area contributed by atoms with Gasteiger partial charge in [-0.05, 0) is 44.2 Å². The fourth-order valence-corrected chi connectivity index (χ4v) is 2.64. The van der Waals surface area contributed by atoms with Crippen LogP contribution in [0.2, 0.25) is 0 Å². The van der Waals surface area contributed by atoms with Crippen molar-refractivity contribution in [1.82, 2.24) is 14.5 Å². The van der Waals surface area contributed by atoms with Crippen LogP contribution in [0, 0.1) is 0 Å². The summed E-state index contributed by atoms with van der Waals surface area (Å²) in [5.41, 5.74) is 4.31. The fraction of sp³-hybridized carbons (Fsp3) is 0.467. The molecular formula is C15H19N3O. The molecule has 2 heterocycles. The third kappa shape index (κ3) is 2.28. The average Bonchev–Trinajstić information content (AvgIpc) is 2.90. The summed E-state index contributed by atoms with van der Waals surface area (Å²) in [6, 6.07) is 3.91. The molecule has 4 nitrogen and oxygen atoms in total. The summed E-state index contributed by atoms with van der Waals surface area (Å²) < 4.78 is 2.13. The Morgan fingerprint density at radius 1 is 1.26 bits per heavy atom. The Labute approximate surface area is 113 Å². The normalized spacial score (nSPS) is 16.1. The highest BCUT2D eigenvalue weighted by atomic mass is 16.3. The third-order valence-corrected chi connectivity index (χ3v) is 3.81. The standard InChI is InChI=1S/C15H19N3O/c1-2-15(19)13-8-7-11(9-16-13)18-10-17-12-5-3-4-6-14(12)18/h7-10,15,19H,2-6H2,1H3/t15-/m0/s1. The third-order valence-electron chi connectivity index (χ3n) is 3.81. The van der Waals surface area contributed by atoms with Gasteiger partial charge in [-0.2, -0.15) is 0 Å². The van der Waals surface area contributed by atoms with Crippen LogP contribution in [0.5, 0.6) is 0 Å². The van der Waals surface area contributed by atoms with Crippen LogP contribution < -0.4 is 0 Å². The first-order valence-electron chi connectivity index (χ1n) is 6.99. The molecule has 1 aliphatic carbocycles. The van der Waals surface area contributed by atoms with Crippen LogP contribution in [-0.4, -0.2) is 19.6 Å². The van der Waals surface area contributed by atoms with Crippen LogP contribution in [-0.2, 0) is 12.8 Å². The van der Waals surface area contributed by atoms with Gasteiger partial charge in [-0.15, -0.1) is 0 Å². The zero-order valence-electron chi connectivity index (χ0n) is 11.2. The molecule has 0 radical (unpaired) electrons. The van der Waals surface area contributed by atoms with Crippen molar-refractivity contribution in [2.24, 2.45) is 0 Å². The highest BCUT2D eigenvalue weighted by Crippen LogP contribution is 2.23. The van der Waals surface area contributed by atoms with Crippen molar-refractivity contribution in [3.63, 3.8) is 0 Å². The summed E-state index contributed by atoms with van der Waals surface area (Å²) in [5.74, 6) is 0. The van der Waals surface area contributed by atoms with E-state index in [9.17, 15) is 5.11 Å². The number of aliphatic hydroxyl groups excluding tert-OH is 1. The van der Waals surface area contributed by atoms with E-state index in [1.54, 1.807) is 0 Å². The molecule has 1 atom stereocenters. The predicted molar refractivity (Wildman–Crippen MR) is 73.3 cm³/mol. The Balaban J connectivity index is 1.92. The van der Waals surface area contributed by atoms with Crippen LogP contribution in [0.25, 0.3) is 5.69 Å². The number of fused-ring (bicyclic) bond motifs is 1. The molecule has 0 amide bonds. The minimum absolute atomic E-state index is 0.467. The Morgan fingerprint density at radius 3 is 2.84 bits per heavy atom. The lowest BCUT2D eigenvalue weighted by Gasteiger charge is -2.14. The number of nitrogens with zero attached hydrogens (tertiary/aromatic N) is 3. The van der Waals surface area contributed by atoms with E-state index in [0.717, 1.165) is 24.2 Å². The van der Waals surface area contributed by atoms with E-state index in [4.69, 9.17) is 0 Å². The van der Waals surface area contributed by atoms with Crippen LogP contribution >= 0.6 is 0 Å². The molecule has 0 aromatic carbocycles. The number of hydrogen-bond donors (Lipinski definition) is 1. The van der Waals surface area contributed by atoms with Crippen LogP contribution in [0.4, 0.5) is 0 Å². The van der Waals surface area contributed by atoms with Gasteiger partial charge in [-0.3, -0.25) is 4.98 Å². The van der Waals surface area contributed by atoms with E-state index in [0.29, 0.717) is 6.42 Å². The van der Waals surface area contributed by atoms with Crippen molar-refractivity contribution in [2.75, 3.05) is 0 Å². The average molecular weight is 257 g/mol. The van der Waals surface area contributed by atoms with Gasteiger partial charge in [-0.25, -0.2) is 4.98 Å². The number of hydrogen-bond acceptors (Lipinski definition) is 3. The van der Waals surface area contributed by atoms with Crippen LogP contribution in [0.3, 0.4) is 0 Å². The molecule has 0 aliphatic heterocycles. The Kier molecular flexibility index (Phi) is 3.34. The molecule has 1 aliphatic rings. The highest BCUT2D eigenvalue weighted by molar-refractivity contribution is 5.35.